The SMILES string of the molecule is CON(Cc1ccc(-c2noc(C(F)(F)F)n2)cc1)C(=O)N(C)C(C)C. The van der Waals surface area contributed by atoms with Crippen molar-refractivity contribution in [1.29, 1.82) is 0 Å². The minimum atomic E-state index is -4.69. The lowest BCUT2D eigenvalue weighted by Gasteiger charge is -2.28. The summed E-state index contributed by atoms with van der Waals surface area (Å²) in [5, 5.41) is 4.51. The van der Waals surface area contributed by atoms with Crippen molar-refractivity contribution in [3.05, 3.63) is 35.7 Å². The Kier molecular flexibility index (Phi) is 5.86. The van der Waals surface area contributed by atoms with Crippen molar-refractivity contribution in [3.63, 3.8) is 0 Å². The number of hydrogen-bond donors (Lipinski definition) is 0. The summed E-state index contributed by atoms with van der Waals surface area (Å²) >= 11 is 0. The van der Waals surface area contributed by atoms with Crippen molar-refractivity contribution in [2.75, 3.05) is 14.2 Å². The van der Waals surface area contributed by atoms with Crippen LogP contribution in [-0.4, -0.2) is 46.3 Å². The summed E-state index contributed by atoms with van der Waals surface area (Å²) in [6, 6.07) is 6.08. The molecule has 0 radical (unpaired) electrons. The van der Waals surface area contributed by atoms with Crippen LogP contribution in [0.2, 0.25) is 0 Å². The number of urea groups is 1. The number of hydrogen-bond acceptors (Lipinski definition) is 5. The summed E-state index contributed by atoms with van der Waals surface area (Å²) in [6.07, 6.45) is -4.69. The molecular weight excluding hydrogens is 353 g/mol. The lowest BCUT2D eigenvalue weighted by atomic mass is 10.1. The number of hydroxylamine groups is 2. The van der Waals surface area contributed by atoms with Gasteiger partial charge in [-0.2, -0.15) is 23.2 Å². The number of carbonyl (C=O) groups excluding carboxylic acids is 1. The molecule has 7 nitrogen and oxygen atoms in total. The number of benzene rings is 1. The fourth-order valence-electron chi connectivity index (χ4n) is 1.99. The first kappa shape index (κ1) is 19.7. The predicted octanol–water partition coefficient (Wildman–Crippen LogP) is 3.58. The summed E-state index contributed by atoms with van der Waals surface area (Å²) in [5.41, 5.74) is 1.09. The van der Waals surface area contributed by atoms with E-state index in [0.717, 1.165) is 5.56 Å². The highest BCUT2D eigenvalue weighted by Gasteiger charge is 2.38. The second kappa shape index (κ2) is 7.73. The molecule has 1 aromatic heterocycles. The van der Waals surface area contributed by atoms with Crippen LogP contribution >= 0.6 is 0 Å². The van der Waals surface area contributed by atoms with E-state index in [2.05, 4.69) is 14.7 Å². The standard InChI is InChI=1S/C16H19F3N4O3/c1-10(2)22(3)15(24)23(25-4)9-11-5-7-12(8-6-11)13-20-14(26-21-13)16(17,18)19/h5-8,10H,9H2,1-4H3. The number of aromatic nitrogens is 2. The van der Waals surface area contributed by atoms with Gasteiger partial charge in [-0.05, 0) is 19.4 Å². The number of alkyl halides is 3. The van der Waals surface area contributed by atoms with Crippen LogP contribution in [0.4, 0.5) is 18.0 Å². The minimum Gasteiger partial charge on any atom is -0.329 e. The first-order valence-corrected chi connectivity index (χ1v) is 7.72. The molecule has 142 valence electrons. The van der Waals surface area contributed by atoms with Crippen LogP contribution in [0.1, 0.15) is 25.3 Å². The van der Waals surface area contributed by atoms with Gasteiger partial charge in [-0.1, -0.05) is 29.4 Å². The van der Waals surface area contributed by atoms with Crippen molar-refractivity contribution in [1.82, 2.24) is 20.1 Å². The molecule has 0 spiro atoms. The monoisotopic (exact) mass is 372 g/mol. The molecule has 0 unspecified atom stereocenters. The Morgan fingerprint density at radius 2 is 1.88 bits per heavy atom. The Balaban J connectivity index is 2.11. The highest BCUT2D eigenvalue weighted by molar-refractivity contribution is 5.73. The summed E-state index contributed by atoms with van der Waals surface area (Å²) < 4.78 is 41.7. The topological polar surface area (TPSA) is 71.7 Å². The maximum Gasteiger partial charge on any atom is 0.471 e. The molecule has 10 heteroatoms. The average Bonchev–Trinajstić information content (AvgIpc) is 3.09. The van der Waals surface area contributed by atoms with Crippen LogP contribution in [0.25, 0.3) is 11.4 Å². The number of rotatable bonds is 5. The van der Waals surface area contributed by atoms with E-state index in [-0.39, 0.29) is 24.4 Å². The van der Waals surface area contributed by atoms with Gasteiger partial charge in [0.15, 0.2) is 0 Å². The van der Waals surface area contributed by atoms with Gasteiger partial charge >= 0.3 is 18.1 Å². The Morgan fingerprint density at radius 3 is 2.35 bits per heavy atom. The van der Waals surface area contributed by atoms with E-state index in [1.165, 1.54) is 17.1 Å². The van der Waals surface area contributed by atoms with Crippen molar-refractivity contribution in [3.8, 4) is 11.4 Å². The second-order valence-corrected chi connectivity index (χ2v) is 5.82. The smallest absolute Gasteiger partial charge is 0.329 e. The Labute approximate surface area is 148 Å². The lowest BCUT2D eigenvalue weighted by molar-refractivity contribution is -0.159. The van der Waals surface area contributed by atoms with Gasteiger partial charge in [0.1, 0.15) is 0 Å². The van der Waals surface area contributed by atoms with Gasteiger partial charge in [0.2, 0.25) is 5.82 Å². The van der Waals surface area contributed by atoms with Crippen LogP contribution in [0.15, 0.2) is 28.8 Å². The Morgan fingerprint density at radius 1 is 1.27 bits per heavy atom. The van der Waals surface area contributed by atoms with Crippen LogP contribution in [-0.2, 0) is 17.6 Å². The highest BCUT2D eigenvalue weighted by atomic mass is 19.4. The van der Waals surface area contributed by atoms with Crippen molar-refractivity contribution in [2.24, 2.45) is 0 Å². The van der Waals surface area contributed by atoms with Crippen LogP contribution in [0, 0.1) is 0 Å². The molecule has 0 aliphatic heterocycles. The molecule has 2 amide bonds. The van der Waals surface area contributed by atoms with E-state index in [9.17, 15) is 18.0 Å². The zero-order chi connectivity index (χ0) is 19.5. The molecule has 0 bridgehead atoms. The molecule has 0 atom stereocenters. The second-order valence-electron chi connectivity index (χ2n) is 5.82. The quantitative estimate of drug-likeness (QED) is 0.750. The highest BCUT2D eigenvalue weighted by Crippen LogP contribution is 2.29. The third-order valence-electron chi connectivity index (χ3n) is 3.72. The summed E-state index contributed by atoms with van der Waals surface area (Å²) in [6.45, 7) is 3.92. The fourth-order valence-corrected chi connectivity index (χ4v) is 1.99. The summed E-state index contributed by atoms with van der Waals surface area (Å²) in [5.74, 6) is -1.56. The van der Waals surface area contributed by atoms with E-state index < -0.39 is 12.1 Å². The molecule has 2 rings (SSSR count). The van der Waals surface area contributed by atoms with Crippen LogP contribution < -0.4 is 0 Å². The number of nitrogens with zero attached hydrogens (tertiary/aromatic N) is 4. The third kappa shape index (κ3) is 4.51. The van der Waals surface area contributed by atoms with Gasteiger partial charge in [0, 0.05) is 18.7 Å². The van der Waals surface area contributed by atoms with Gasteiger partial charge in [0.05, 0.1) is 13.7 Å². The molecule has 2 aromatic rings. The van der Waals surface area contributed by atoms with Crippen LogP contribution in [0.5, 0.6) is 0 Å². The summed E-state index contributed by atoms with van der Waals surface area (Å²) in [4.78, 5) is 22.3. The molecule has 0 aliphatic rings. The zero-order valence-corrected chi connectivity index (χ0v) is 14.7. The zero-order valence-electron chi connectivity index (χ0n) is 14.7. The van der Waals surface area contributed by atoms with Crippen LogP contribution in [0.3, 0.4) is 0 Å². The molecule has 0 fully saturated rings. The van der Waals surface area contributed by atoms with Crippen molar-refractivity contribution >= 4 is 6.03 Å². The van der Waals surface area contributed by atoms with Gasteiger partial charge in [-0.25, -0.2) is 4.79 Å². The number of halogens is 3. The van der Waals surface area contributed by atoms with E-state index >= 15 is 0 Å². The van der Waals surface area contributed by atoms with E-state index in [4.69, 9.17) is 4.84 Å². The van der Waals surface area contributed by atoms with Gasteiger partial charge in [-0.15, -0.1) is 0 Å². The van der Waals surface area contributed by atoms with Crippen molar-refractivity contribution in [2.45, 2.75) is 32.6 Å². The molecule has 0 aliphatic carbocycles. The molecule has 1 aromatic carbocycles. The molecule has 0 saturated carbocycles. The maximum atomic E-state index is 12.5. The summed E-state index contributed by atoms with van der Waals surface area (Å²) in [7, 11) is 3.05. The molecule has 26 heavy (non-hydrogen) atoms. The van der Waals surface area contributed by atoms with Gasteiger partial charge in [-0.3, -0.25) is 4.84 Å². The largest absolute Gasteiger partial charge is 0.471 e. The average molecular weight is 372 g/mol. The molecule has 1 heterocycles. The molecule has 0 N–H and O–H groups in total. The minimum absolute atomic E-state index is 0.00333. The van der Waals surface area contributed by atoms with Gasteiger partial charge < -0.3 is 9.42 Å². The lowest BCUT2D eigenvalue weighted by Crippen LogP contribution is -2.43. The Hall–Kier alpha value is -2.62. The molecule has 0 saturated heterocycles. The number of carbonyl (C=O) groups is 1. The van der Waals surface area contributed by atoms with E-state index in [0.29, 0.717) is 5.56 Å². The Bertz CT molecular complexity index is 744. The maximum absolute atomic E-state index is 12.5. The predicted molar refractivity (Wildman–Crippen MR) is 85.6 cm³/mol. The normalized spacial score (nSPS) is 11.7. The fraction of sp³-hybridized carbons (Fsp3) is 0.438. The van der Waals surface area contributed by atoms with Crippen molar-refractivity contribution < 1.29 is 27.3 Å². The third-order valence-corrected chi connectivity index (χ3v) is 3.72. The van der Waals surface area contributed by atoms with E-state index in [1.54, 1.807) is 31.3 Å². The first-order chi connectivity index (χ1) is 12.1. The number of amides is 2. The van der Waals surface area contributed by atoms with E-state index in [1.807, 2.05) is 13.8 Å². The van der Waals surface area contributed by atoms with Gasteiger partial charge in [0.25, 0.3) is 0 Å². The first-order valence-electron chi connectivity index (χ1n) is 7.72. The molecular formula is C16H19F3N4O3.